The summed E-state index contributed by atoms with van der Waals surface area (Å²) in [6.45, 7) is 5.88. The standard InChI is InChI=1S/C26H30N4O2/c1-20-27-19-24(26(31)28-18-21-8-4-2-5-9-21)25(29-20)22-12-14-30(15-13-22)16-17-32-23-10-6-3-7-11-23/h2-11,19,22H,12-18H2,1H3,(H,28,31). The molecule has 1 saturated heterocycles. The molecule has 0 atom stereocenters. The minimum atomic E-state index is -0.109. The number of benzene rings is 2. The van der Waals surface area contributed by atoms with E-state index in [2.05, 4.69) is 20.2 Å². The number of rotatable bonds is 8. The first-order valence-electron chi connectivity index (χ1n) is 11.2. The predicted octanol–water partition coefficient (Wildman–Crippen LogP) is 3.97. The van der Waals surface area contributed by atoms with E-state index < -0.39 is 0 Å². The number of para-hydroxylation sites is 1. The van der Waals surface area contributed by atoms with Gasteiger partial charge in [-0.15, -0.1) is 0 Å². The first-order chi connectivity index (χ1) is 15.7. The summed E-state index contributed by atoms with van der Waals surface area (Å²) in [5.41, 5.74) is 2.54. The Hall–Kier alpha value is -3.25. The van der Waals surface area contributed by atoms with E-state index in [-0.39, 0.29) is 11.8 Å². The van der Waals surface area contributed by atoms with E-state index in [9.17, 15) is 4.79 Å². The van der Waals surface area contributed by atoms with Gasteiger partial charge in [0.05, 0.1) is 11.3 Å². The van der Waals surface area contributed by atoms with Crippen LogP contribution in [0, 0.1) is 6.92 Å². The number of ether oxygens (including phenoxy) is 1. The van der Waals surface area contributed by atoms with Crippen LogP contribution in [-0.4, -0.2) is 47.0 Å². The Morgan fingerprint density at radius 2 is 1.75 bits per heavy atom. The number of nitrogens with one attached hydrogen (secondary N) is 1. The molecular formula is C26H30N4O2. The van der Waals surface area contributed by atoms with Gasteiger partial charge in [-0.05, 0) is 50.6 Å². The van der Waals surface area contributed by atoms with Gasteiger partial charge in [-0.3, -0.25) is 9.69 Å². The molecule has 1 aliphatic heterocycles. The van der Waals surface area contributed by atoms with Crippen LogP contribution in [0.3, 0.4) is 0 Å². The molecule has 0 aliphatic carbocycles. The van der Waals surface area contributed by atoms with Crippen molar-refractivity contribution in [3.63, 3.8) is 0 Å². The van der Waals surface area contributed by atoms with Crippen LogP contribution in [0.1, 0.15) is 46.2 Å². The minimum Gasteiger partial charge on any atom is -0.492 e. The first-order valence-corrected chi connectivity index (χ1v) is 11.2. The number of piperidine rings is 1. The smallest absolute Gasteiger partial charge is 0.254 e. The Kier molecular flexibility index (Phi) is 7.46. The molecular weight excluding hydrogens is 400 g/mol. The summed E-state index contributed by atoms with van der Waals surface area (Å²) < 4.78 is 5.83. The van der Waals surface area contributed by atoms with E-state index in [0.29, 0.717) is 24.5 Å². The van der Waals surface area contributed by atoms with Crippen LogP contribution in [0.15, 0.2) is 66.9 Å². The lowest BCUT2D eigenvalue weighted by atomic mass is 9.90. The third-order valence-corrected chi connectivity index (χ3v) is 5.87. The van der Waals surface area contributed by atoms with E-state index >= 15 is 0 Å². The Morgan fingerprint density at radius 3 is 2.47 bits per heavy atom. The van der Waals surface area contributed by atoms with Crippen LogP contribution in [0.4, 0.5) is 0 Å². The van der Waals surface area contributed by atoms with Gasteiger partial charge >= 0.3 is 0 Å². The lowest BCUT2D eigenvalue weighted by Gasteiger charge is -2.32. The highest BCUT2D eigenvalue weighted by atomic mass is 16.5. The average Bonchev–Trinajstić information content (AvgIpc) is 2.84. The number of amides is 1. The van der Waals surface area contributed by atoms with Crippen LogP contribution in [-0.2, 0) is 6.54 Å². The molecule has 0 bridgehead atoms. The van der Waals surface area contributed by atoms with E-state index in [1.807, 2.05) is 67.6 Å². The Bertz CT molecular complexity index is 1000. The molecule has 0 radical (unpaired) electrons. The van der Waals surface area contributed by atoms with Crippen molar-refractivity contribution in [3.05, 3.63) is 89.5 Å². The SMILES string of the molecule is Cc1ncc(C(=O)NCc2ccccc2)c(C2CCN(CCOc3ccccc3)CC2)n1. The Balaban J connectivity index is 1.32. The number of aromatic nitrogens is 2. The van der Waals surface area contributed by atoms with Gasteiger partial charge in [0, 0.05) is 25.2 Å². The highest BCUT2D eigenvalue weighted by Crippen LogP contribution is 2.29. The predicted molar refractivity (Wildman–Crippen MR) is 125 cm³/mol. The van der Waals surface area contributed by atoms with Crippen molar-refractivity contribution in [2.75, 3.05) is 26.2 Å². The van der Waals surface area contributed by atoms with Gasteiger partial charge < -0.3 is 10.1 Å². The highest BCUT2D eigenvalue weighted by molar-refractivity contribution is 5.95. The number of likely N-dealkylation sites (tertiary alicyclic amines) is 1. The normalized spacial score (nSPS) is 14.8. The second-order valence-electron chi connectivity index (χ2n) is 8.16. The van der Waals surface area contributed by atoms with Crippen LogP contribution >= 0.6 is 0 Å². The topological polar surface area (TPSA) is 67.4 Å². The molecule has 0 saturated carbocycles. The lowest BCUT2D eigenvalue weighted by Crippen LogP contribution is -2.36. The molecule has 166 valence electrons. The van der Waals surface area contributed by atoms with Gasteiger partial charge in [-0.25, -0.2) is 9.97 Å². The fourth-order valence-corrected chi connectivity index (χ4v) is 4.09. The van der Waals surface area contributed by atoms with Crippen LogP contribution in [0.25, 0.3) is 0 Å². The van der Waals surface area contributed by atoms with E-state index in [4.69, 9.17) is 4.74 Å². The minimum absolute atomic E-state index is 0.109. The van der Waals surface area contributed by atoms with Crippen LogP contribution in [0.5, 0.6) is 5.75 Å². The molecule has 0 unspecified atom stereocenters. The van der Waals surface area contributed by atoms with Gasteiger partial charge in [-0.2, -0.15) is 0 Å². The van der Waals surface area contributed by atoms with E-state index in [1.165, 1.54) is 0 Å². The molecule has 1 N–H and O–H groups in total. The van der Waals surface area contributed by atoms with Crippen molar-refractivity contribution in [1.82, 2.24) is 20.2 Å². The molecule has 1 fully saturated rings. The highest BCUT2D eigenvalue weighted by Gasteiger charge is 2.26. The first kappa shape index (κ1) is 22.0. The van der Waals surface area contributed by atoms with Crippen molar-refractivity contribution in [2.24, 2.45) is 0 Å². The Morgan fingerprint density at radius 1 is 1.06 bits per heavy atom. The molecule has 1 amide bonds. The van der Waals surface area contributed by atoms with Gasteiger partial charge in [0.25, 0.3) is 5.91 Å². The van der Waals surface area contributed by atoms with Crippen molar-refractivity contribution in [1.29, 1.82) is 0 Å². The maximum absolute atomic E-state index is 12.9. The molecule has 2 aromatic carbocycles. The van der Waals surface area contributed by atoms with E-state index in [0.717, 1.165) is 49.5 Å². The van der Waals surface area contributed by atoms with Crippen LogP contribution in [0.2, 0.25) is 0 Å². The molecule has 3 aromatic rings. The molecule has 6 nitrogen and oxygen atoms in total. The van der Waals surface area contributed by atoms with Crippen molar-refractivity contribution in [3.8, 4) is 5.75 Å². The summed E-state index contributed by atoms with van der Waals surface area (Å²) >= 11 is 0. The summed E-state index contributed by atoms with van der Waals surface area (Å²) in [5.74, 6) is 1.77. The zero-order valence-electron chi connectivity index (χ0n) is 18.5. The summed E-state index contributed by atoms with van der Waals surface area (Å²) in [6, 6.07) is 19.8. The number of nitrogens with zero attached hydrogens (tertiary/aromatic N) is 3. The summed E-state index contributed by atoms with van der Waals surface area (Å²) in [4.78, 5) is 24.3. The Labute approximate surface area is 189 Å². The molecule has 4 rings (SSSR count). The number of carbonyl (C=O) groups excluding carboxylic acids is 1. The largest absolute Gasteiger partial charge is 0.492 e. The van der Waals surface area contributed by atoms with Gasteiger partial charge in [-0.1, -0.05) is 48.5 Å². The summed E-state index contributed by atoms with van der Waals surface area (Å²) in [5, 5.41) is 3.02. The molecule has 32 heavy (non-hydrogen) atoms. The van der Waals surface area contributed by atoms with Gasteiger partial charge in [0.1, 0.15) is 18.2 Å². The number of hydrogen-bond donors (Lipinski definition) is 1. The summed E-state index contributed by atoms with van der Waals surface area (Å²) in [7, 11) is 0. The third-order valence-electron chi connectivity index (χ3n) is 5.87. The number of aryl methyl sites for hydroxylation is 1. The molecule has 1 aromatic heterocycles. The number of carbonyl (C=O) groups is 1. The zero-order chi connectivity index (χ0) is 22.2. The van der Waals surface area contributed by atoms with Crippen LogP contribution < -0.4 is 10.1 Å². The summed E-state index contributed by atoms with van der Waals surface area (Å²) in [6.07, 6.45) is 3.62. The zero-order valence-corrected chi connectivity index (χ0v) is 18.5. The maximum Gasteiger partial charge on any atom is 0.254 e. The second-order valence-corrected chi connectivity index (χ2v) is 8.16. The fourth-order valence-electron chi connectivity index (χ4n) is 4.09. The molecule has 2 heterocycles. The monoisotopic (exact) mass is 430 g/mol. The average molecular weight is 431 g/mol. The second kappa shape index (κ2) is 10.9. The van der Waals surface area contributed by atoms with Crippen molar-refractivity contribution < 1.29 is 9.53 Å². The fraction of sp³-hybridized carbons (Fsp3) is 0.346. The molecule has 0 spiro atoms. The van der Waals surface area contributed by atoms with E-state index in [1.54, 1.807) is 6.20 Å². The van der Waals surface area contributed by atoms with Gasteiger partial charge in [0.2, 0.25) is 0 Å². The third kappa shape index (κ3) is 5.92. The maximum atomic E-state index is 12.9. The quantitative estimate of drug-likeness (QED) is 0.586. The van der Waals surface area contributed by atoms with Crippen molar-refractivity contribution >= 4 is 5.91 Å². The lowest BCUT2D eigenvalue weighted by molar-refractivity contribution is 0.0947. The molecule has 6 heteroatoms. The number of hydrogen-bond acceptors (Lipinski definition) is 5. The van der Waals surface area contributed by atoms with Gasteiger partial charge in [0.15, 0.2) is 0 Å². The molecule has 1 aliphatic rings. The van der Waals surface area contributed by atoms with Crippen molar-refractivity contribution in [2.45, 2.75) is 32.2 Å².